The smallest absolute Gasteiger partial charge is 0.309 e. The fourth-order valence-corrected chi connectivity index (χ4v) is 1.99. The molecule has 0 saturated heterocycles. The first-order valence-corrected chi connectivity index (χ1v) is 4.77. The van der Waals surface area contributed by atoms with Crippen LogP contribution < -0.4 is 0 Å². The number of aliphatic carboxylic acids is 1. The standard InChI is InChI=1S/C8H11BrN2O2/c1-3-6-8(9)5(4-7(12)13)10-11(6)2/h3-4H2,1-2H3,(H,12,13). The molecule has 0 aliphatic rings. The van der Waals surface area contributed by atoms with Gasteiger partial charge in [-0.1, -0.05) is 6.92 Å². The molecule has 1 aromatic heterocycles. The zero-order valence-corrected chi connectivity index (χ0v) is 9.13. The van der Waals surface area contributed by atoms with Gasteiger partial charge in [-0.25, -0.2) is 0 Å². The van der Waals surface area contributed by atoms with Crippen molar-refractivity contribution in [3.05, 3.63) is 15.9 Å². The van der Waals surface area contributed by atoms with E-state index < -0.39 is 5.97 Å². The minimum absolute atomic E-state index is 0.0333. The Balaban J connectivity index is 3.03. The van der Waals surface area contributed by atoms with E-state index in [-0.39, 0.29) is 6.42 Å². The van der Waals surface area contributed by atoms with Crippen molar-refractivity contribution in [1.82, 2.24) is 9.78 Å². The number of carbonyl (C=O) groups is 1. The first-order chi connectivity index (χ1) is 6.06. The Morgan fingerprint density at radius 1 is 1.69 bits per heavy atom. The van der Waals surface area contributed by atoms with E-state index in [0.29, 0.717) is 5.69 Å². The summed E-state index contributed by atoms with van der Waals surface area (Å²) in [6.07, 6.45) is 0.804. The maximum Gasteiger partial charge on any atom is 0.309 e. The van der Waals surface area contributed by atoms with Gasteiger partial charge in [0, 0.05) is 7.05 Å². The molecule has 1 aromatic rings. The fraction of sp³-hybridized carbons (Fsp3) is 0.500. The Kier molecular flexibility index (Phi) is 3.08. The molecule has 0 atom stereocenters. The lowest BCUT2D eigenvalue weighted by Gasteiger charge is -1.95. The van der Waals surface area contributed by atoms with Gasteiger partial charge >= 0.3 is 5.97 Å². The molecule has 0 saturated carbocycles. The first-order valence-electron chi connectivity index (χ1n) is 3.98. The highest BCUT2D eigenvalue weighted by molar-refractivity contribution is 9.10. The van der Waals surface area contributed by atoms with Gasteiger partial charge in [-0.15, -0.1) is 0 Å². The van der Waals surface area contributed by atoms with Gasteiger partial charge in [0.05, 0.1) is 22.3 Å². The second-order valence-electron chi connectivity index (χ2n) is 2.76. The van der Waals surface area contributed by atoms with Gasteiger partial charge in [-0.2, -0.15) is 5.10 Å². The maximum atomic E-state index is 10.5. The minimum Gasteiger partial charge on any atom is -0.481 e. The molecular weight excluding hydrogens is 236 g/mol. The van der Waals surface area contributed by atoms with E-state index in [0.717, 1.165) is 16.6 Å². The number of halogens is 1. The SMILES string of the molecule is CCc1c(Br)c(CC(=O)O)nn1C. The van der Waals surface area contributed by atoms with Gasteiger partial charge in [0.15, 0.2) is 0 Å². The van der Waals surface area contributed by atoms with Crippen LogP contribution >= 0.6 is 15.9 Å². The van der Waals surface area contributed by atoms with Crippen LogP contribution in [0.4, 0.5) is 0 Å². The average Bonchev–Trinajstić information content (AvgIpc) is 2.26. The molecule has 0 spiro atoms. The fourth-order valence-electron chi connectivity index (χ4n) is 1.23. The van der Waals surface area contributed by atoms with Crippen LogP contribution in [0.2, 0.25) is 0 Å². The van der Waals surface area contributed by atoms with Crippen LogP contribution in [0.3, 0.4) is 0 Å². The molecule has 13 heavy (non-hydrogen) atoms. The number of carboxylic acids is 1. The topological polar surface area (TPSA) is 55.1 Å². The van der Waals surface area contributed by atoms with Crippen LogP contribution in [0.15, 0.2) is 4.47 Å². The molecular formula is C8H11BrN2O2. The summed E-state index contributed by atoms with van der Waals surface area (Å²) in [6.45, 7) is 2.01. The van der Waals surface area contributed by atoms with Crippen LogP contribution in [0.5, 0.6) is 0 Å². The molecule has 0 aromatic carbocycles. The Labute approximate surface area is 84.7 Å². The lowest BCUT2D eigenvalue weighted by molar-refractivity contribution is -0.136. The van der Waals surface area contributed by atoms with E-state index in [1.54, 1.807) is 4.68 Å². The Hall–Kier alpha value is -0.840. The number of nitrogens with zero attached hydrogens (tertiary/aromatic N) is 2. The normalized spacial score (nSPS) is 10.4. The van der Waals surface area contributed by atoms with Crippen molar-refractivity contribution in [2.45, 2.75) is 19.8 Å². The molecule has 0 aliphatic heterocycles. The first kappa shape index (κ1) is 10.2. The molecule has 0 radical (unpaired) electrons. The molecule has 5 heteroatoms. The molecule has 1 rings (SSSR count). The molecule has 0 aliphatic carbocycles. The number of aryl methyl sites for hydroxylation is 1. The molecule has 1 N–H and O–H groups in total. The predicted octanol–water partition coefficient (Wildman–Crippen LogP) is 1.37. The lowest BCUT2D eigenvalue weighted by Crippen LogP contribution is -2.02. The Morgan fingerprint density at radius 3 is 2.69 bits per heavy atom. The third-order valence-corrected chi connectivity index (χ3v) is 2.74. The summed E-state index contributed by atoms with van der Waals surface area (Å²) < 4.78 is 2.53. The molecule has 0 amide bonds. The van der Waals surface area contributed by atoms with Crippen LogP contribution in [0, 0.1) is 0 Å². The summed E-state index contributed by atoms with van der Waals surface area (Å²) in [6, 6.07) is 0. The number of hydrogen-bond acceptors (Lipinski definition) is 2. The van der Waals surface area contributed by atoms with Gasteiger partial charge in [-0.05, 0) is 22.4 Å². The van der Waals surface area contributed by atoms with Crippen molar-refractivity contribution >= 4 is 21.9 Å². The second kappa shape index (κ2) is 3.91. The summed E-state index contributed by atoms with van der Waals surface area (Å²) >= 11 is 3.34. The zero-order chi connectivity index (χ0) is 10.0. The van der Waals surface area contributed by atoms with E-state index in [2.05, 4.69) is 21.0 Å². The number of hydrogen-bond donors (Lipinski definition) is 1. The molecule has 4 nitrogen and oxygen atoms in total. The average molecular weight is 247 g/mol. The Bertz CT molecular complexity index is 333. The summed E-state index contributed by atoms with van der Waals surface area (Å²) in [5.74, 6) is -0.860. The van der Waals surface area contributed by atoms with Crippen LogP contribution in [0.1, 0.15) is 18.3 Å². The number of rotatable bonds is 3. The highest BCUT2D eigenvalue weighted by Gasteiger charge is 2.14. The third kappa shape index (κ3) is 2.09. The van der Waals surface area contributed by atoms with Gasteiger partial charge in [-0.3, -0.25) is 9.48 Å². The number of carboxylic acid groups (broad SMARTS) is 1. The second-order valence-corrected chi connectivity index (χ2v) is 3.55. The van der Waals surface area contributed by atoms with Crippen molar-refractivity contribution in [2.24, 2.45) is 7.05 Å². The van der Waals surface area contributed by atoms with E-state index in [1.807, 2.05) is 14.0 Å². The molecule has 1 heterocycles. The third-order valence-electron chi connectivity index (χ3n) is 1.82. The lowest BCUT2D eigenvalue weighted by atomic mass is 10.2. The van der Waals surface area contributed by atoms with E-state index >= 15 is 0 Å². The van der Waals surface area contributed by atoms with Crippen molar-refractivity contribution in [3.8, 4) is 0 Å². The quantitative estimate of drug-likeness (QED) is 0.877. The summed E-state index contributed by atoms with van der Waals surface area (Å²) in [5.41, 5.74) is 1.61. The van der Waals surface area contributed by atoms with Crippen molar-refractivity contribution in [1.29, 1.82) is 0 Å². The van der Waals surface area contributed by atoms with Gasteiger partial charge in [0.1, 0.15) is 0 Å². The van der Waals surface area contributed by atoms with Crippen LogP contribution in [0.25, 0.3) is 0 Å². The zero-order valence-electron chi connectivity index (χ0n) is 7.54. The van der Waals surface area contributed by atoms with Crippen LogP contribution in [-0.4, -0.2) is 20.9 Å². The van der Waals surface area contributed by atoms with Crippen LogP contribution in [-0.2, 0) is 24.7 Å². The Morgan fingerprint density at radius 2 is 2.31 bits per heavy atom. The minimum atomic E-state index is -0.860. The molecule has 0 unspecified atom stereocenters. The molecule has 0 fully saturated rings. The maximum absolute atomic E-state index is 10.5. The predicted molar refractivity (Wildman–Crippen MR) is 51.6 cm³/mol. The van der Waals surface area contributed by atoms with E-state index in [4.69, 9.17) is 5.11 Å². The molecule has 0 bridgehead atoms. The highest BCUT2D eigenvalue weighted by Crippen LogP contribution is 2.21. The largest absolute Gasteiger partial charge is 0.481 e. The molecule has 72 valence electrons. The number of aromatic nitrogens is 2. The highest BCUT2D eigenvalue weighted by atomic mass is 79.9. The van der Waals surface area contributed by atoms with Crippen molar-refractivity contribution in [2.75, 3.05) is 0 Å². The van der Waals surface area contributed by atoms with Gasteiger partial charge in [0.2, 0.25) is 0 Å². The summed E-state index contributed by atoms with van der Waals surface area (Å²) in [7, 11) is 1.81. The van der Waals surface area contributed by atoms with Gasteiger partial charge in [0.25, 0.3) is 0 Å². The van der Waals surface area contributed by atoms with E-state index in [1.165, 1.54) is 0 Å². The van der Waals surface area contributed by atoms with Gasteiger partial charge < -0.3 is 5.11 Å². The summed E-state index contributed by atoms with van der Waals surface area (Å²) in [4.78, 5) is 10.5. The van der Waals surface area contributed by atoms with Crippen molar-refractivity contribution in [3.63, 3.8) is 0 Å². The monoisotopic (exact) mass is 246 g/mol. The summed E-state index contributed by atoms with van der Waals surface area (Å²) in [5, 5.41) is 12.7. The van der Waals surface area contributed by atoms with E-state index in [9.17, 15) is 4.79 Å². The van der Waals surface area contributed by atoms with Crippen molar-refractivity contribution < 1.29 is 9.90 Å².